The summed E-state index contributed by atoms with van der Waals surface area (Å²) in [5.41, 5.74) is 0.839. The van der Waals surface area contributed by atoms with E-state index in [1.165, 1.54) is 0 Å². The van der Waals surface area contributed by atoms with Crippen molar-refractivity contribution in [1.82, 2.24) is 0 Å². The number of aliphatic hydroxyl groups excluding tert-OH is 1. The van der Waals surface area contributed by atoms with Crippen molar-refractivity contribution in [3.05, 3.63) is 17.7 Å². The molecule has 1 aliphatic heterocycles. The van der Waals surface area contributed by atoms with Gasteiger partial charge >= 0.3 is 0 Å². The van der Waals surface area contributed by atoms with Gasteiger partial charge in [-0.2, -0.15) is 0 Å². The zero-order valence-corrected chi connectivity index (χ0v) is 10.6. The summed E-state index contributed by atoms with van der Waals surface area (Å²) < 4.78 is 10.8. The molecule has 0 aliphatic carbocycles. The van der Waals surface area contributed by atoms with E-state index in [0.29, 0.717) is 0 Å². The summed E-state index contributed by atoms with van der Waals surface area (Å²) in [4.78, 5) is 1.06. The highest BCUT2D eigenvalue weighted by Gasteiger charge is 2.28. The Labute approximate surface area is 99.8 Å². The summed E-state index contributed by atoms with van der Waals surface area (Å²) in [5.74, 6) is 1.60. The lowest BCUT2D eigenvalue weighted by molar-refractivity contribution is 0.171. The van der Waals surface area contributed by atoms with Crippen LogP contribution in [0.25, 0.3) is 0 Å². The molecule has 1 aromatic carbocycles. The summed E-state index contributed by atoms with van der Waals surface area (Å²) >= 11 is 1.63. The first-order valence-corrected chi connectivity index (χ1v) is 6.40. The Balaban J connectivity index is 2.55. The average molecular weight is 240 g/mol. The van der Waals surface area contributed by atoms with E-state index in [1.54, 1.807) is 11.8 Å². The zero-order valence-electron chi connectivity index (χ0n) is 9.74. The third-order valence-corrected chi connectivity index (χ3v) is 3.64. The first-order chi connectivity index (χ1) is 7.60. The highest BCUT2D eigenvalue weighted by molar-refractivity contribution is 7.98. The van der Waals surface area contributed by atoms with Crippen LogP contribution in [0.3, 0.4) is 0 Å². The standard InChI is InChI=1S/C12H16O3S/c1-12(2,6-13)8-4-5-9-10(11(8)16-3)15-7-14-9/h4-5,13H,6-7H2,1-3H3. The van der Waals surface area contributed by atoms with Crippen molar-refractivity contribution in [2.45, 2.75) is 24.2 Å². The van der Waals surface area contributed by atoms with Crippen LogP contribution < -0.4 is 9.47 Å². The van der Waals surface area contributed by atoms with Crippen molar-refractivity contribution in [2.75, 3.05) is 19.7 Å². The molecule has 1 aliphatic rings. The first-order valence-electron chi connectivity index (χ1n) is 5.18. The summed E-state index contributed by atoms with van der Waals surface area (Å²) in [6.45, 7) is 4.43. The van der Waals surface area contributed by atoms with Gasteiger partial charge in [-0.15, -0.1) is 11.8 Å². The molecular formula is C12H16O3S. The smallest absolute Gasteiger partial charge is 0.231 e. The third-order valence-electron chi connectivity index (χ3n) is 2.82. The van der Waals surface area contributed by atoms with Crippen molar-refractivity contribution in [3.8, 4) is 11.5 Å². The molecule has 0 atom stereocenters. The topological polar surface area (TPSA) is 38.7 Å². The lowest BCUT2D eigenvalue weighted by Crippen LogP contribution is -2.22. The molecule has 0 bridgehead atoms. The molecule has 16 heavy (non-hydrogen) atoms. The van der Waals surface area contributed by atoms with E-state index in [9.17, 15) is 5.11 Å². The average Bonchev–Trinajstić information content (AvgIpc) is 2.75. The molecule has 1 heterocycles. The molecule has 0 aromatic heterocycles. The van der Waals surface area contributed by atoms with Gasteiger partial charge in [0.25, 0.3) is 0 Å². The van der Waals surface area contributed by atoms with Crippen molar-refractivity contribution < 1.29 is 14.6 Å². The van der Waals surface area contributed by atoms with Gasteiger partial charge in [-0.05, 0) is 17.9 Å². The molecule has 2 rings (SSSR count). The Morgan fingerprint density at radius 1 is 1.38 bits per heavy atom. The molecule has 3 nitrogen and oxygen atoms in total. The minimum atomic E-state index is -0.265. The normalized spacial score (nSPS) is 14.2. The van der Waals surface area contributed by atoms with Gasteiger partial charge in [-0.3, -0.25) is 0 Å². The number of thioether (sulfide) groups is 1. The molecule has 0 amide bonds. The van der Waals surface area contributed by atoms with Gasteiger partial charge in [0, 0.05) is 5.41 Å². The van der Waals surface area contributed by atoms with Crippen LogP contribution in [-0.4, -0.2) is 24.8 Å². The number of rotatable bonds is 3. The number of hydrogen-bond acceptors (Lipinski definition) is 4. The second-order valence-electron chi connectivity index (χ2n) is 4.42. The van der Waals surface area contributed by atoms with Crippen LogP contribution in [0.2, 0.25) is 0 Å². The quantitative estimate of drug-likeness (QED) is 0.823. The molecule has 0 saturated heterocycles. The van der Waals surface area contributed by atoms with Crippen LogP contribution in [0.4, 0.5) is 0 Å². The van der Waals surface area contributed by atoms with Gasteiger partial charge in [0.2, 0.25) is 6.79 Å². The van der Waals surface area contributed by atoms with Gasteiger partial charge in [-0.25, -0.2) is 0 Å². The summed E-state index contributed by atoms with van der Waals surface area (Å²) in [6, 6.07) is 3.92. The SMILES string of the molecule is CSc1c(C(C)(C)CO)ccc2c1OCO2. The van der Waals surface area contributed by atoms with Gasteiger partial charge in [0.1, 0.15) is 0 Å². The van der Waals surface area contributed by atoms with Crippen molar-refractivity contribution >= 4 is 11.8 Å². The van der Waals surface area contributed by atoms with Crippen LogP contribution in [-0.2, 0) is 5.41 Å². The molecule has 1 N–H and O–H groups in total. The monoisotopic (exact) mass is 240 g/mol. The van der Waals surface area contributed by atoms with Gasteiger partial charge < -0.3 is 14.6 Å². The Bertz CT molecular complexity index is 401. The number of aliphatic hydroxyl groups is 1. The van der Waals surface area contributed by atoms with Crippen LogP contribution in [0, 0.1) is 0 Å². The molecule has 1 aromatic rings. The lowest BCUT2D eigenvalue weighted by Gasteiger charge is -2.25. The van der Waals surface area contributed by atoms with Crippen molar-refractivity contribution in [1.29, 1.82) is 0 Å². The number of benzene rings is 1. The predicted molar refractivity (Wildman–Crippen MR) is 64.5 cm³/mol. The van der Waals surface area contributed by atoms with E-state index in [0.717, 1.165) is 22.0 Å². The maximum atomic E-state index is 9.43. The fourth-order valence-electron chi connectivity index (χ4n) is 1.77. The Kier molecular flexibility index (Phi) is 3.04. The number of ether oxygens (including phenoxy) is 2. The van der Waals surface area contributed by atoms with Crippen molar-refractivity contribution in [3.63, 3.8) is 0 Å². The highest BCUT2D eigenvalue weighted by atomic mass is 32.2. The van der Waals surface area contributed by atoms with E-state index < -0.39 is 0 Å². The molecule has 0 radical (unpaired) electrons. The maximum Gasteiger partial charge on any atom is 0.231 e. The maximum absolute atomic E-state index is 9.43. The van der Waals surface area contributed by atoms with E-state index in [2.05, 4.69) is 0 Å². The minimum absolute atomic E-state index is 0.111. The van der Waals surface area contributed by atoms with Crippen LogP contribution in [0.5, 0.6) is 11.5 Å². The fraction of sp³-hybridized carbons (Fsp3) is 0.500. The number of fused-ring (bicyclic) bond motifs is 1. The Morgan fingerprint density at radius 2 is 2.12 bits per heavy atom. The largest absolute Gasteiger partial charge is 0.454 e. The van der Waals surface area contributed by atoms with Crippen LogP contribution in [0.1, 0.15) is 19.4 Å². The zero-order chi connectivity index (χ0) is 11.8. The molecule has 0 saturated carbocycles. The number of hydrogen-bond donors (Lipinski definition) is 1. The summed E-state index contributed by atoms with van der Waals surface area (Å²) in [6.07, 6.45) is 2.01. The van der Waals surface area contributed by atoms with Gasteiger partial charge in [0.05, 0.1) is 11.5 Å². The molecule has 0 spiro atoms. The van der Waals surface area contributed by atoms with E-state index in [4.69, 9.17) is 9.47 Å². The summed E-state index contributed by atoms with van der Waals surface area (Å²) in [5, 5.41) is 9.43. The second kappa shape index (κ2) is 4.18. The third kappa shape index (κ3) is 1.76. The van der Waals surface area contributed by atoms with E-state index in [1.807, 2.05) is 32.2 Å². The molecule has 88 valence electrons. The lowest BCUT2D eigenvalue weighted by atomic mass is 9.85. The van der Waals surface area contributed by atoms with Crippen molar-refractivity contribution in [2.24, 2.45) is 0 Å². The minimum Gasteiger partial charge on any atom is -0.454 e. The van der Waals surface area contributed by atoms with Crippen LogP contribution >= 0.6 is 11.8 Å². The first kappa shape index (κ1) is 11.6. The molecule has 0 unspecified atom stereocenters. The van der Waals surface area contributed by atoms with Crippen LogP contribution in [0.15, 0.2) is 17.0 Å². The van der Waals surface area contributed by atoms with E-state index in [-0.39, 0.29) is 18.8 Å². The molecule has 0 fully saturated rings. The summed E-state index contributed by atoms with van der Waals surface area (Å²) in [7, 11) is 0. The Morgan fingerprint density at radius 3 is 2.75 bits per heavy atom. The molecular weight excluding hydrogens is 224 g/mol. The second-order valence-corrected chi connectivity index (χ2v) is 5.24. The van der Waals surface area contributed by atoms with Gasteiger partial charge in [-0.1, -0.05) is 19.9 Å². The highest BCUT2D eigenvalue weighted by Crippen LogP contribution is 2.45. The fourth-order valence-corrected chi connectivity index (χ4v) is 2.68. The predicted octanol–water partition coefficient (Wildman–Crippen LogP) is 2.41. The van der Waals surface area contributed by atoms with Gasteiger partial charge in [0.15, 0.2) is 11.5 Å². The van der Waals surface area contributed by atoms with E-state index >= 15 is 0 Å². The molecule has 4 heteroatoms. The Hall–Kier alpha value is -0.870.